The minimum atomic E-state index is -3.38. The molecule has 1 aliphatic heterocycles. The van der Waals surface area contributed by atoms with E-state index in [2.05, 4.69) is 32.9 Å². The van der Waals surface area contributed by atoms with Crippen molar-refractivity contribution in [3.63, 3.8) is 0 Å². The molecule has 1 aliphatic rings. The van der Waals surface area contributed by atoms with E-state index in [-0.39, 0.29) is 6.04 Å². The summed E-state index contributed by atoms with van der Waals surface area (Å²) >= 11 is 4.62. The van der Waals surface area contributed by atoms with Gasteiger partial charge in [-0.25, -0.2) is 13.1 Å². The number of halogens is 1. The molecule has 2 unspecified atom stereocenters. The molecule has 102 valence electrons. The Hall–Kier alpha value is 0.0500. The topological polar surface area (TPSA) is 58.2 Å². The van der Waals surface area contributed by atoms with Crippen molar-refractivity contribution in [2.24, 2.45) is 5.92 Å². The number of thiophene rings is 1. The summed E-state index contributed by atoms with van der Waals surface area (Å²) in [5, 5.41) is 3.26. The molecular weight excluding hydrogens is 336 g/mol. The van der Waals surface area contributed by atoms with Gasteiger partial charge in [0.05, 0.1) is 3.79 Å². The van der Waals surface area contributed by atoms with Crippen LogP contribution in [0, 0.1) is 12.8 Å². The maximum atomic E-state index is 12.3. The quantitative estimate of drug-likeness (QED) is 0.875. The average molecular weight is 353 g/mol. The molecule has 2 atom stereocenters. The Morgan fingerprint density at radius 1 is 1.56 bits per heavy atom. The van der Waals surface area contributed by atoms with E-state index < -0.39 is 10.0 Å². The van der Waals surface area contributed by atoms with E-state index in [0.717, 1.165) is 28.9 Å². The smallest absolute Gasteiger partial charge is 0.250 e. The molecule has 1 saturated heterocycles. The van der Waals surface area contributed by atoms with Crippen LogP contribution in [-0.2, 0) is 10.0 Å². The van der Waals surface area contributed by atoms with Gasteiger partial charge in [-0.05, 0) is 59.9 Å². The van der Waals surface area contributed by atoms with Gasteiger partial charge in [-0.2, -0.15) is 0 Å². The molecule has 1 fully saturated rings. The molecule has 4 nitrogen and oxygen atoms in total. The first-order valence-electron chi connectivity index (χ1n) is 5.89. The Bertz CT molecular complexity index is 508. The predicted octanol–water partition coefficient (Wildman–Crippen LogP) is 2.10. The van der Waals surface area contributed by atoms with Gasteiger partial charge in [0.25, 0.3) is 0 Å². The monoisotopic (exact) mass is 352 g/mol. The van der Waals surface area contributed by atoms with E-state index in [1.165, 1.54) is 11.3 Å². The lowest BCUT2D eigenvalue weighted by Crippen LogP contribution is -2.48. The van der Waals surface area contributed by atoms with E-state index in [0.29, 0.717) is 10.1 Å². The average Bonchev–Trinajstić information content (AvgIpc) is 2.63. The van der Waals surface area contributed by atoms with Gasteiger partial charge >= 0.3 is 0 Å². The van der Waals surface area contributed by atoms with Gasteiger partial charge < -0.3 is 5.32 Å². The van der Waals surface area contributed by atoms with E-state index in [1.54, 1.807) is 6.07 Å². The summed E-state index contributed by atoms with van der Waals surface area (Å²) in [6, 6.07) is 1.74. The maximum absolute atomic E-state index is 12.3. The highest BCUT2D eigenvalue weighted by molar-refractivity contribution is 9.11. The molecule has 1 aromatic heterocycles. The first-order chi connectivity index (χ1) is 8.40. The Balaban J connectivity index is 2.16. The van der Waals surface area contributed by atoms with Crippen LogP contribution in [-0.4, -0.2) is 27.5 Å². The second kappa shape index (κ2) is 5.58. The number of nitrogens with one attached hydrogen (secondary N) is 2. The largest absolute Gasteiger partial charge is 0.316 e. The zero-order valence-corrected chi connectivity index (χ0v) is 13.6. The van der Waals surface area contributed by atoms with Crippen LogP contribution in [0.3, 0.4) is 0 Å². The Morgan fingerprint density at radius 3 is 2.83 bits per heavy atom. The highest BCUT2D eigenvalue weighted by atomic mass is 79.9. The van der Waals surface area contributed by atoms with E-state index in [9.17, 15) is 8.42 Å². The van der Waals surface area contributed by atoms with Crippen LogP contribution in [0.4, 0.5) is 0 Å². The van der Waals surface area contributed by atoms with E-state index in [4.69, 9.17) is 0 Å². The molecule has 2 rings (SSSR count). The highest BCUT2D eigenvalue weighted by Crippen LogP contribution is 2.30. The molecule has 0 amide bonds. The summed E-state index contributed by atoms with van der Waals surface area (Å²) in [5.74, 6) is 0.318. The van der Waals surface area contributed by atoms with Gasteiger partial charge in [0, 0.05) is 6.04 Å². The van der Waals surface area contributed by atoms with Crippen molar-refractivity contribution in [2.45, 2.75) is 30.5 Å². The Morgan fingerprint density at radius 2 is 2.28 bits per heavy atom. The number of piperidine rings is 1. The molecule has 0 aromatic carbocycles. The second-order valence-electron chi connectivity index (χ2n) is 4.72. The van der Waals surface area contributed by atoms with Crippen molar-refractivity contribution in [2.75, 3.05) is 13.1 Å². The summed E-state index contributed by atoms with van der Waals surface area (Å²) in [5.41, 5.74) is 0.957. The fourth-order valence-corrected chi connectivity index (χ4v) is 5.63. The maximum Gasteiger partial charge on any atom is 0.250 e. The van der Waals surface area contributed by atoms with Crippen LogP contribution in [0.2, 0.25) is 0 Å². The molecule has 1 aromatic rings. The van der Waals surface area contributed by atoms with Crippen molar-refractivity contribution in [3.05, 3.63) is 15.4 Å². The molecule has 2 N–H and O–H groups in total. The summed E-state index contributed by atoms with van der Waals surface area (Å²) in [6.07, 6.45) is 0.839. The Kier molecular flexibility index (Phi) is 4.48. The standard InChI is InChI=1S/C11H17BrN2O2S2/c1-7-5-10(17-11(7)12)18(15,16)14-9-3-4-13-6-8(9)2/h5,8-9,13-14H,3-4,6H2,1-2H3. The van der Waals surface area contributed by atoms with Gasteiger partial charge in [-0.3, -0.25) is 0 Å². The van der Waals surface area contributed by atoms with E-state index in [1.807, 2.05) is 6.92 Å². The van der Waals surface area contributed by atoms with Crippen molar-refractivity contribution in [3.8, 4) is 0 Å². The zero-order chi connectivity index (χ0) is 13.3. The third-order valence-electron chi connectivity index (χ3n) is 3.19. The zero-order valence-electron chi connectivity index (χ0n) is 10.4. The van der Waals surface area contributed by atoms with Crippen molar-refractivity contribution < 1.29 is 8.42 Å². The van der Waals surface area contributed by atoms with Crippen LogP contribution < -0.4 is 10.0 Å². The summed E-state index contributed by atoms with van der Waals surface area (Å²) < 4.78 is 28.6. The van der Waals surface area contributed by atoms with Crippen molar-refractivity contribution in [1.82, 2.24) is 10.0 Å². The SMILES string of the molecule is Cc1cc(S(=O)(=O)NC2CCNCC2C)sc1Br. The van der Waals surface area contributed by atoms with Crippen molar-refractivity contribution >= 4 is 37.3 Å². The third-order valence-corrected chi connectivity index (χ3v) is 7.29. The van der Waals surface area contributed by atoms with Crippen LogP contribution in [0.25, 0.3) is 0 Å². The van der Waals surface area contributed by atoms with E-state index >= 15 is 0 Å². The fourth-order valence-electron chi connectivity index (χ4n) is 2.01. The number of hydrogen-bond donors (Lipinski definition) is 2. The van der Waals surface area contributed by atoms with Gasteiger partial charge in [0.1, 0.15) is 4.21 Å². The number of aryl methyl sites for hydroxylation is 1. The minimum absolute atomic E-state index is 0.0254. The first kappa shape index (κ1) is 14.5. The molecule has 2 heterocycles. The van der Waals surface area contributed by atoms with Gasteiger partial charge in [0.2, 0.25) is 10.0 Å². The molecular formula is C11H17BrN2O2S2. The molecule has 0 bridgehead atoms. The van der Waals surface area contributed by atoms with Crippen LogP contribution in [0.15, 0.2) is 14.1 Å². The Labute approximate surface area is 120 Å². The predicted molar refractivity (Wildman–Crippen MR) is 77.5 cm³/mol. The molecule has 0 aliphatic carbocycles. The highest BCUT2D eigenvalue weighted by Gasteiger charge is 2.27. The number of hydrogen-bond acceptors (Lipinski definition) is 4. The summed E-state index contributed by atoms with van der Waals surface area (Å²) in [7, 11) is -3.38. The van der Waals surface area contributed by atoms with Gasteiger partial charge in [-0.15, -0.1) is 11.3 Å². The van der Waals surface area contributed by atoms with Gasteiger partial charge in [-0.1, -0.05) is 6.92 Å². The summed E-state index contributed by atoms with van der Waals surface area (Å²) in [6.45, 7) is 5.69. The van der Waals surface area contributed by atoms with Crippen LogP contribution >= 0.6 is 27.3 Å². The molecule has 7 heteroatoms. The molecule has 18 heavy (non-hydrogen) atoms. The molecule has 0 saturated carbocycles. The lowest BCUT2D eigenvalue weighted by Gasteiger charge is -2.29. The van der Waals surface area contributed by atoms with Crippen LogP contribution in [0.1, 0.15) is 18.9 Å². The number of sulfonamides is 1. The number of rotatable bonds is 3. The second-order valence-corrected chi connectivity index (χ2v) is 9.03. The third kappa shape index (κ3) is 3.14. The molecule has 0 spiro atoms. The van der Waals surface area contributed by atoms with Crippen LogP contribution in [0.5, 0.6) is 0 Å². The van der Waals surface area contributed by atoms with Gasteiger partial charge in [0.15, 0.2) is 0 Å². The summed E-state index contributed by atoms with van der Waals surface area (Å²) in [4.78, 5) is 0. The van der Waals surface area contributed by atoms with Crippen molar-refractivity contribution in [1.29, 1.82) is 0 Å². The lowest BCUT2D eigenvalue weighted by atomic mass is 9.97. The first-order valence-corrected chi connectivity index (χ1v) is 8.98. The normalized spacial score (nSPS) is 25.3. The molecule has 0 radical (unpaired) electrons. The minimum Gasteiger partial charge on any atom is -0.316 e. The fraction of sp³-hybridized carbons (Fsp3) is 0.636. The lowest BCUT2D eigenvalue weighted by molar-refractivity contribution is 0.328.